The quantitative estimate of drug-likeness (QED) is 0.723. The molecule has 0 spiro atoms. The average molecular weight is 242 g/mol. The van der Waals surface area contributed by atoms with Gasteiger partial charge in [0.15, 0.2) is 0 Å². The second-order valence-electron chi connectivity index (χ2n) is 3.93. The first kappa shape index (κ1) is 15.2. The first-order valence-corrected chi connectivity index (χ1v) is 4.80. The fourth-order valence-electron chi connectivity index (χ4n) is 1.28. The zero-order valence-electron chi connectivity index (χ0n) is 9.60. The van der Waals surface area contributed by atoms with Gasteiger partial charge in [-0.05, 0) is 20.9 Å². The van der Waals surface area contributed by atoms with Crippen LogP contribution in [0.4, 0.5) is 13.2 Å². The molecule has 2 N–H and O–H groups in total. The number of hydrogen-bond acceptors (Lipinski definition) is 4. The third-order valence-electron chi connectivity index (χ3n) is 1.79. The molecule has 0 bridgehead atoms. The van der Waals surface area contributed by atoms with Gasteiger partial charge in [-0.15, -0.1) is 0 Å². The summed E-state index contributed by atoms with van der Waals surface area (Å²) in [6, 6.07) is 0. The van der Waals surface area contributed by atoms with Crippen LogP contribution in [-0.4, -0.2) is 49.3 Å². The van der Waals surface area contributed by atoms with Gasteiger partial charge in [-0.1, -0.05) is 0 Å². The van der Waals surface area contributed by atoms with E-state index in [1.807, 2.05) is 0 Å². The highest BCUT2D eigenvalue weighted by molar-refractivity contribution is 5.80. The molecule has 96 valence electrons. The topological polar surface area (TPSA) is 55.6 Å². The molecule has 0 aromatic carbocycles. The number of carbonyl (C=O) groups is 1. The van der Waals surface area contributed by atoms with Crippen molar-refractivity contribution in [3.8, 4) is 0 Å². The molecule has 0 aliphatic heterocycles. The van der Waals surface area contributed by atoms with Crippen LogP contribution in [0.15, 0.2) is 0 Å². The maximum Gasteiger partial charge on any atom is 0.401 e. The first-order valence-electron chi connectivity index (χ1n) is 4.80. The number of nitrogens with two attached hydrogens (primary N) is 1. The average Bonchev–Trinajstić information content (AvgIpc) is 1.99. The van der Waals surface area contributed by atoms with E-state index in [1.165, 1.54) is 14.0 Å². The van der Waals surface area contributed by atoms with Crippen LogP contribution in [0.25, 0.3) is 0 Å². The molecule has 1 unspecified atom stereocenters. The predicted molar refractivity (Wildman–Crippen MR) is 52.8 cm³/mol. The standard InChI is InChI=1S/C9H17F3N2O2/c1-4-16-7(15)8(2,13)5-14(3)6-9(10,11)12/h4-6,13H2,1-3H3. The summed E-state index contributed by atoms with van der Waals surface area (Å²) in [4.78, 5) is 12.3. The molecular weight excluding hydrogens is 225 g/mol. The summed E-state index contributed by atoms with van der Waals surface area (Å²) in [6.07, 6.45) is -4.31. The molecule has 0 aliphatic carbocycles. The SMILES string of the molecule is CCOC(=O)C(C)(N)CN(C)CC(F)(F)F. The normalized spacial score (nSPS) is 16.0. The van der Waals surface area contributed by atoms with Gasteiger partial charge < -0.3 is 10.5 Å². The number of likely N-dealkylation sites (N-methyl/N-ethyl adjacent to an activating group) is 1. The van der Waals surface area contributed by atoms with E-state index < -0.39 is 24.2 Å². The zero-order valence-corrected chi connectivity index (χ0v) is 9.60. The Morgan fingerprint density at radius 2 is 1.88 bits per heavy atom. The number of carbonyl (C=O) groups excluding carboxylic acids is 1. The second-order valence-corrected chi connectivity index (χ2v) is 3.93. The predicted octanol–water partition coefficient (Wildman–Crippen LogP) is 0.761. The Morgan fingerprint density at radius 3 is 2.25 bits per heavy atom. The van der Waals surface area contributed by atoms with Gasteiger partial charge in [-0.2, -0.15) is 13.2 Å². The van der Waals surface area contributed by atoms with E-state index in [1.54, 1.807) is 6.92 Å². The molecule has 0 aliphatic rings. The van der Waals surface area contributed by atoms with E-state index in [4.69, 9.17) is 5.73 Å². The van der Waals surface area contributed by atoms with Crippen LogP contribution in [0.5, 0.6) is 0 Å². The Labute approximate surface area is 92.5 Å². The molecule has 4 nitrogen and oxygen atoms in total. The van der Waals surface area contributed by atoms with Gasteiger partial charge in [0.05, 0.1) is 13.2 Å². The minimum absolute atomic E-state index is 0.147. The van der Waals surface area contributed by atoms with Crippen LogP contribution in [-0.2, 0) is 9.53 Å². The zero-order chi connectivity index (χ0) is 13.0. The number of ether oxygens (including phenoxy) is 1. The van der Waals surface area contributed by atoms with Gasteiger partial charge in [0, 0.05) is 6.54 Å². The molecular formula is C9H17F3N2O2. The molecule has 0 saturated heterocycles. The molecule has 0 saturated carbocycles. The molecule has 0 amide bonds. The third-order valence-corrected chi connectivity index (χ3v) is 1.79. The maximum atomic E-state index is 12.0. The largest absolute Gasteiger partial charge is 0.465 e. The van der Waals surface area contributed by atoms with Crippen LogP contribution in [0.3, 0.4) is 0 Å². The van der Waals surface area contributed by atoms with Gasteiger partial charge in [-0.25, -0.2) is 0 Å². The fourth-order valence-corrected chi connectivity index (χ4v) is 1.28. The van der Waals surface area contributed by atoms with Crippen molar-refractivity contribution < 1.29 is 22.7 Å². The smallest absolute Gasteiger partial charge is 0.401 e. The monoisotopic (exact) mass is 242 g/mol. The Balaban J connectivity index is 4.30. The minimum Gasteiger partial charge on any atom is -0.465 e. The number of esters is 1. The molecule has 7 heteroatoms. The lowest BCUT2D eigenvalue weighted by Crippen LogP contribution is -2.55. The molecule has 1 atom stereocenters. The van der Waals surface area contributed by atoms with Crippen molar-refractivity contribution in [2.75, 3.05) is 26.7 Å². The van der Waals surface area contributed by atoms with Gasteiger partial charge in [-0.3, -0.25) is 9.69 Å². The number of halogens is 3. The minimum atomic E-state index is -4.31. The lowest BCUT2D eigenvalue weighted by Gasteiger charge is -2.28. The third kappa shape index (κ3) is 5.92. The van der Waals surface area contributed by atoms with Crippen molar-refractivity contribution >= 4 is 5.97 Å². The van der Waals surface area contributed by atoms with E-state index in [9.17, 15) is 18.0 Å². The van der Waals surface area contributed by atoms with Crippen molar-refractivity contribution in [2.45, 2.75) is 25.6 Å². The number of rotatable bonds is 5. The highest BCUT2D eigenvalue weighted by atomic mass is 19.4. The van der Waals surface area contributed by atoms with E-state index in [-0.39, 0.29) is 13.2 Å². The van der Waals surface area contributed by atoms with Gasteiger partial charge >= 0.3 is 12.1 Å². The molecule has 0 rings (SSSR count). The number of hydrogen-bond donors (Lipinski definition) is 1. The van der Waals surface area contributed by atoms with Crippen molar-refractivity contribution in [1.29, 1.82) is 0 Å². The Bertz CT molecular complexity index is 241. The van der Waals surface area contributed by atoms with E-state index in [0.717, 1.165) is 4.90 Å². The maximum absolute atomic E-state index is 12.0. The van der Waals surface area contributed by atoms with E-state index in [0.29, 0.717) is 0 Å². The highest BCUT2D eigenvalue weighted by Crippen LogP contribution is 2.16. The Hall–Kier alpha value is -0.820. The Kier molecular flexibility index (Phi) is 5.21. The van der Waals surface area contributed by atoms with Crippen LogP contribution in [0.2, 0.25) is 0 Å². The van der Waals surface area contributed by atoms with Gasteiger partial charge in [0.25, 0.3) is 0 Å². The fraction of sp³-hybridized carbons (Fsp3) is 0.889. The molecule has 16 heavy (non-hydrogen) atoms. The molecule has 0 heterocycles. The van der Waals surface area contributed by atoms with Crippen molar-refractivity contribution in [3.05, 3.63) is 0 Å². The van der Waals surface area contributed by atoms with Crippen molar-refractivity contribution in [1.82, 2.24) is 4.90 Å². The summed E-state index contributed by atoms with van der Waals surface area (Å²) in [7, 11) is 1.25. The molecule has 0 fully saturated rings. The summed E-state index contributed by atoms with van der Waals surface area (Å²) < 4.78 is 40.8. The first-order chi connectivity index (χ1) is 7.08. The summed E-state index contributed by atoms with van der Waals surface area (Å²) in [5.41, 5.74) is 4.15. The van der Waals surface area contributed by atoms with Gasteiger partial charge in [0.1, 0.15) is 5.54 Å². The van der Waals surface area contributed by atoms with Crippen LogP contribution in [0.1, 0.15) is 13.8 Å². The lowest BCUT2D eigenvalue weighted by atomic mass is 10.0. The van der Waals surface area contributed by atoms with E-state index >= 15 is 0 Å². The summed E-state index contributed by atoms with van der Waals surface area (Å²) >= 11 is 0. The van der Waals surface area contributed by atoms with Crippen LogP contribution < -0.4 is 5.73 Å². The van der Waals surface area contributed by atoms with Crippen LogP contribution >= 0.6 is 0 Å². The highest BCUT2D eigenvalue weighted by Gasteiger charge is 2.35. The Morgan fingerprint density at radius 1 is 1.38 bits per heavy atom. The summed E-state index contributed by atoms with van der Waals surface area (Å²) in [5.74, 6) is -0.705. The van der Waals surface area contributed by atoms with Crippen molar-refractivity contribution in [3.63, 3.8) is 0 Å². The summed E-state index contributed by atoms with van der Waals surface area (Å²) in [6.45, 7) is 1.77. The van der Waals surface area contributed by atoms with Crippen LogP contribution in [0, 0.1) is 0 Å². The second kappa shape index (κ2) is 5.49. The lowest BCUT2D eigenvalue weighted by molar-refractivity contribution is -0.155. The number of nitrogens with zero attached hydrogens (tertiary/aromatic N) is 1. The molecule has 0 aromatic rings. The van der Waals surface area contributed by atoms with E-state index in [2.05, 4.69) is 4.74 Å². The van der Waals surface area contributed by atoms with Gasteiger partial charge in [0.2, 0.25) is 0 Å². The summed E-state index contributed by atoms with van der Waals surface area (Å²) in [5, 5.41) is 0. The molecule has 0 radical (unpaired) electrons. The van der Waals surface area contributed by atoms with Crippen molar-refractivity contribution in [2.24, 2.45) is 5.73 Å². The molecule has 0 aromatic heterocycles. The number of alkyl halides is 3.